The molecule has 0 bridgehead atoms. The third-order valence-corrected chi connectivity index (χ3v) is 3.78. The highest BCUT2D eigenvalue weighted by atomic mass is 79.9. The summed E-state index contributed by atoms with van der Waals surface area (Å²) >= 11 is 9.38. The maximum atomic E-state index is 10.3. The molecule has 1 N–H and O–H groups in total. The third kappa shape index (κ3) is 2.94. The van der Waals surface area contributed by atoms with Gasteiger partial charge in [0, 0.05) is 28.7 Å². The molecule has 0 aliphatic carbocycles. The average Bonchev–Trinajstić information content (AvgIpc) is 2.61. The zero-order valence-electron chi connectivity index (χ0n) is 10.2. The fraction of sp³-hybridized carbons (Fsp3) is 0.308. The molecule has 1 unspecified atom stereocenters. The van der Waals surface area contributed by atoms with Gasteiger partial charge in [0.2, 0.25) is 0 Å². The molecule has 0 fully saturated rings. The van der Waals surface area contributed by atoms with Gasteiger partial charge in [-0.2, -0.15) is 5.10 Å². The van der Waals surface area contributed by atoms with Crippen molar-refractivity contribution in [1.29, 1.82) is 0 Å². The van der Waals surface area contributed by atoms with Crippen molar-refractivity contribution in [3.8, 4) is 0 Å². The molecule has 0 aliphatic heterocycles. The van der Waals surface area contributed by atoms with Crippen molar-refractivity contribution >= 4 is 27.5 Å². The highest BCUT2D eigenvalue weighted by Crippen LogP contribution is 2.28. The first-order valence-electron chi connectivity index (χ1n) is 5.60. The summed E-state index contributed by atoms with van der Waals surface area (Å²) in [5.41, 5.74) is 2.73. The van der Waals surface area contributed by atoms with Gasteiger partial charge in [-0.05, 0) is 36.8 Å². The van der Waals surface area contributed by atoms with Crippen LogP contribution in [-0.4, -0.2) is 14.9 Å². The zero-order chi connectivity index (χ0) is 13.3. The zero-order valence-corrected chi connectivity index (χ0v) is 12.5. The standard InChI is InChI=1S/C13H14BrClN2O/c1-8-5-10(17(2)16-8)7-13(18)11-6-9(15)3-4-12(11)14/h3-6,13,18H,7H2,1-2H3. The van der Waals surface area contributed by atoms with E-state index >= 15 is 0 Å². The Morgan fingerprint density at radius 1 is 1.44 bits per heavy atom. The normalized spacial score (nSPS) is 12.7. The van der Waals surface area contributed by atoms with Crippen LogP contribution in [0.15, 0.2) is 28.7 Å². The van der Waals surface area contributed by atoms with Crippen molar-refractivity contribution in [3.05, 3.63) is 50.7 Å². The van der Waals surface area contributed by atoms with Crippen molar-refractivity contribution < 1.29 is 5.11 Å². The summed E-state index contributed by atoms with van der Waals surface area (Å²) in [6.45, 7) is 1.94. The van der Waals surface area contributed by atoms with E-state index in [1.165, 1.54) is 0 Å². The fourth-order valence-corrected chi connectivity index (χ4v) is 2.62. The Hall–Kier alpha value is -0.840. The van der Waals surface area contributed by atoms with Crippen molar-refractivity contribution in [1.82, 2.24) is 9.78 Å². The highest BCUT2D eigenvalue weighted by Gasteiger charge is 2.15. The molecule has 3 nitrogen and oxygen atoms in total. The van der Waals surface area contributed by atoms with Crippen molar-refractivity contribution in [2.75, 3.05) is 0 Å². The number of aryl methyl sites for hydroxylation is 2. The SMILES string of the molecule is Cc1cc(CC(O)c2cc(Cl)ccc2Br)n(C)n1. The third-order valence-electron chi connectivity index (χ3n) is 2.82. The molecule has 0 amide bonds. The molecule has 0 saturated heterocycles. The lowest BCUT2D eigenvalue weighted by atomic mass is 10.0. The average molecular weight is 330 g/mol. The largest absolute Gasteiger partial charge is 0.388 e. The summed E-state index contributed by atoms with van der Waals surface area (Å²) < 4.78 is 2.65. The lowest BCUT2D eigenvalue weighted by Crippen LogP contribution is -2.07. The Morgan fingerprint density at radius 3 is 2.78 bits per heavy atom. The van der Waals surface area contributed by atoms with E-state index in [1.54, 1.807) is 16.8 Å². The minimum atomic E-state index is -0.604. The van der Waals surface area contributed by atoms with Crippen LogP contribution in [0.25, 0.3) is 0 Å². The first-order valence-corrected chi connectivity index (χ1v) is 6.77. The van der Waals surface area contributed by atoms with Crippen LogP contribution in [0.3, 0.4) is 0 Å². The number of aromatic nitrogens is 2. The molecule has 96 valence electrons. The Kier molecular flexibility index (Phi) is 4.10. The molecule has 1 atom stereocenters. The van der Waals surface area contributed by atoms with E-state index in [-0.39, 0.29) is 0 Å². The number of benzene rings is 1. The Labute approximate surface area is 120 Å². The van der Waals surface area contributed by atoms with Gasteiger partial charge in [-0.1, -0.05) is 27.5 Å². The van der Waals surface area contributed by atoms with Crippen LogP contribution in [0.1, 0.15) is 23.1 Å². The van der Waals surface area contributed by atoms with Gasteiger partial charge in [0.15, 0.2) is 0 Å². The second-order valence-electron chi connectivity index (χ2n) is 4.29. The molecule has 0 radical (unpaired) electrons. The smallest absolute Gasteiger partial charge is 0.0856 e. The van der Waals surface area contributed by atoms with E-state index in [1.807, 2.05) is 26.1 Å². The van der Waals surface area contributed by atoms with E-state index in [9.17, 15) is 5.11 Å². The number of hydrogen-bond donors (Lipinski definition) is 1. The van der Waals surface area contributed by atoms with Crippen molar-refractivity contribution in [3.63, 3.8) is 0 Å². The summed E-state index contributed by atoms with van der Waals surface area (Å²) in [7, 11) is 1.88. The van der Waals surface area contributed by atoms with E-state index in [0.29, 0.717) is 11.4 Å². The van der Waals surface area contributed by atoms with Gasteiger partial charge < -0.3 is 5.11 Å². The molecule has 1 aromatic heterocycles. The van der Waals surface area contributed by atoms with Crippen LogP contribution in [0.5, 0.6) is 0 Å². The van der Waals surface area contributed by atoms with Crippen LogP contribution in [0.4, 0.5) is 0 Å². The summed E-state index contributed by atoms with van der Waals surface area (Å²) in [5, 5.41) is 15.2. The van der Waals surface area contributed by atoms with Crippen LogP contribution < -0.4 is 0 Å². The van der Waals surface area contributed by atoms with Gasteiger partial charge >= 0.3 is 0 Å². The minimum absolute atomic E-state index is 0.510. The number of nitrogens with zero attached hydrogens (tertiary/aromatic N) is 2. The van der Waals surface area contributed by atoms with Gasteiger partial charge in [-0.25, -0.2) is 0 Å². The topological polar surface area (TPSA) is 38.0 Å². The molecular weight excluding hydrogens is 316 g/mol. The molecule has 0 spiro atoms. The van der Waals surface area contributed by atoms with Crippen LogP contribution in [-0.2, 0) is 13.5 Å². The summed E-state index contributed by atoms with van der Waals surface area (Å²) in [4.78, 5) is 0. The molecule has 2 aromatic rings. The predicted molar refractivity (Wildman–Crippen MR) is 75.8 cm³/mol. The Bertz CT molecular complexity index is 568. The Balaban J connectivity index is 2.24. The molecule has 0 aliphatic rings. The van der Waals surface area contributed by atoms with E-state index in [2.05, 4.69) is 21.0 Å². The summed E-state index contributed by atoms with van der Waals surface area (Å²) in [6.07, 6.45) is -0.0936. The van der Waals surface area contributed by atoms with Gasteiger partial charge in [0.05, 0.1) is 11.8 Å². The number of rotatable bonds is 3. The quantitative estimate of drug-likeness (QED) is 0.937. The molecular formula is C13H14BrClN2O. The first-order chi connectivity index (χ1) is 8.47. The van der Waals surface area contributed by atoms with E-state index < -0.39 is 6.10 Å². The lowest BCUT2D eigenvalue weighted by Gasteiger charge is -2.13. The van der Waals surface area contributed by atoms with Crippen LogP contribution >= 0.6 is 27.5 Å². The number of aliphatic hydroxyl groups is 1. The maximum absolute atomic E-state index is 10.3. The monoisotopic (exact) mass is 328 g/mol. The molecule has 1 heterocycles. The van der Waals surface area contributed by atoms with Gasteiger partial charge in [0.1, 0.15) is 0 Å². The second-order valence-corrected chi connectivity index (χ2v) is 5.58. The summed E-state index contributed by atoms with van der Waals surface area (Å²) in [5.74, 6) is 0. The highest BCUT2D eigenvalue weighted by molar-refractivity contribution is 9.10. The molecule has 2 rings (SSSR count). The molecule has 18 heavy (non-hydrogen) atoms. The van der Waals surface area contributed by atoms with Crippen molar-refractivity contribution in [2.45, 2.75) is 19.4 Å². The predicted octanol–water partition coefficient (Wildman–Crippen LogP) is 3.42. The minimum Gasteiger partial charge on any atom is -0.388 e. The fourth-order valence-electron chi connectivity index (χ4n) is 1.93. The van der Waals surface area contributed by atoms with Gasteiger partial charge in [0.25, 0.3) is 0 Å². The lowest BCUT2D eigenvalue weighted by molar-refractivity contribution is 0.175. The van der Waals surface area contributed by atoms with Crippen molar-refractivity contribution in [2.24, 2.45) is 7.05 Å². The number of halogens is 2. The van der Waals surface area contributed by atoms with Gasteiger partial charge in [-0.15, -0.1) is 0 Å². The Morgan fingerprint density at radius 2 is 2.17 bits per heavy atom. The molecule has 0 saturated carbocycles. The molecule has 1 aromatic carbocycles. The van der Waals surface area contributed by atoms with Gasteiger partial charge in [-0.3, -0.25) is 4.68 Å². The first kappa shape index (κ1) is 13.6. The maximum Gasteiger partial charge on any atom is 0.0856 e. The van der Waals surface area contributed by atoms with Crippen LogP contribution in [0, 0.1) is 6.92 Å². The molecule has 5 heteroatoms. The van der Waals surface area contributed by atoms with Crippen LogP contribution in [0.2, 0.25) is 5.02 Å². The van der Waals surface area contributed by atoms with E-state index in [0.717, 1.165) is 21.4 Å². The summed E-state index contributed by atoms with van der Waals surface area (Å²) in [6, 6.07) is 7.38. The van der Waals surface area contributed by atoms with E-state index in [4.69, 9.17) is 11.6 Å². The number of aliphatic hydroxyl groups excluding tert-OH is 1. The second kappa shape index (κ2) is 5.43. The number of hydrogen-bond acceptors (Lipinski definition) is 2.